The van der Waals surface area contributed by atoms with Crippen molar-refractivity contribution in [3.8, 4) is 17.2 Å². The highest BCUT2D eigenvalue weighted by Gasteiger charge is 2.22. The third-order valence-corrected chi connectivity index (χ3v) is 6.58. The van der Waals surface area contributed by atoms with Crippen molar-refractivity contribution in [1.29, 1.82) is 0 Å². The average molecular weight is 535 g/mol. The van der Waals surface area contributed by atoms with Gasteiger partial charge >= 0.3 is 6.03 Å². The van der Waals surface area contributed by atoms with Gasteiger partial charge in [0, 0.05) is 29.6 Å². The van der Waals surface area contributed by atoms with Crippen molar-refractivity contribution in [2.24, 2.45) is 0 Å². The number of thioether (sulfide) groups is 1. The summed E-state index contributed by atoms with van der Waals surface area (Å²) in [5.41, 5.74) is 2.18. The summed E-state index contributed by atoms with van der Waals surface area (Å²) in [4.78, 5) is 23.6. The molecule has 1 heterocycles. The number of nitro groups is 1. The quantitative estimate of drug-likeness (QED) is 0.158. The molecule has 0 saturated heterocycles. The van der Waals surface area contributed by atoms with Crippen molar-refractivity contribution in [2.45, 2.75) is 23.9 Å². The molecule has 38 heavy (non-hydrogen) atoms. The van der Waals surface area contributed by atoms with Crippen LogP contribution in [-0.4, -0.2) is 39.9 Å². The topological polar surface area (TPSA) is 133 Å². The fourth-order valence-corrected chi connectivity index (χ4v) is 4.58. The number of carbonyl (C=O) groups excluding carboxylic acids is 1. The molecule has 0 saturated carbocycles. The number of amides is 2. The molecule has 4 aromatic rings. The molecule has 1 atom stereocenters. The number of anilines is 1. The van der Waals surface area contributed by atoms with Crippen LogP contribution in [0.5, 0.6) is 11.5 Å². The van der Waals surface area contributed by atoms with Crippen molar-refractivity contribution in [1.82, 2.24) is 20.1 Å². The second kappa shape index (κ2) is 12.1. The maximum Gasteiger partial charge on any atom is 0.319 e. The van der Waals surface area contributed by atoms with Gasteiger partial charge in [0.05, 0.1) is 30.9 Å². The molecule has 11 nitrogen and oxygen atoms in total. The molecule has 0 radical (unpaired) electrons. The fourth-order valence-electron chi connectivity index (χ4n) is 3.66. The predicted octanol–water partition coefficient (Wildman–Crippen LogP) is 5.37. The smallest absolute Gasteiger partial charge is 0.319 e. The number of aromatic nitrogens is 3. The first-order valence-electron chi connectivity index (χ1n) is 11.6. The lowest BCUT2D eigenvalue weighted by Crippen LogP contribution is -2.32. The van der Waals surface area contributed by atoms with Crippen LogP contribution in [0.1, 0.15) is 24.4 Å². The van der Waals surface area contributed by atoms with E-state index in [0.29, 0.717) is 39.6 Å². The van der Waals surface area contributed by atoms with Gasteiger partial charge in [0.1, 0.15) is 11.5 Å². The van der Waals surface area contributed by atoms with Gasteiger partial charge in [0.25, 0.3) is 5.69 Å². The molecule has 3 aromatic carbocycles. The first-order valence-corrected chi connectivity index (χ1v) is 12.5. The Labute approximate surface area is 223 Å². The van der Waals surface area contributed by atoms with E-state index in [9.17, 15) is 14.9 Å². The molecule has 1 unspecified atom stereocenters. The van der Waals surface area contributed by atoms with E-state index in [-0.39, 0.29) is 5.69 Å². The van der Waals surface area contributed by atoms with E-state index < -0.39 is 17.0 Å². The summed E-state index contributed by atoms with van der Waals surface area (Å²) in [5, 5.41) is 26.1. The van der Waals surface area contributed by atoms with Crippen molar-refractivity contribution in [3.63, 3.8) is 0 Å². The number of nitro benzene ring substituents is 1. The SMILES string of the molecule is COc1ccc(NC(=O)NC(C)c2nnc(SCc3ccccc3)n2-c2ccc([N+](=O)[O-])cc2)c(OC)c1. The number of rotatable bonds is 10. The van der Waals surface area contributed by atoms with E-state index in [1.54, 1.807) is 48.9 Å². The van der Waals surface area contributed by atoms with E-state index in [1.165, 1.54) is 31.0 Å². The third kappa shape index (κ3) is 6.21. The lowest BCUT2D eigenvalue weighted by Gasteiger charge is -2.17. The first kappa shape index (κ1) is 26.5. The maximum atomic E-state index is 12.9. The van der Waals surface area contributed by atoms with Crippen LogP contribution in [0, 0.1) is 10.1 Å². The van der Waals surface area contributed by atoms with E-state index >= 15 is 0 Å². The molecule has 0 aliphatic heterocycles. The second-order valence-corrected chi connectivity index (χ2v) is 9.05. The van der Waals surface area contributed by atoms with Crippen molar-refractivity contribution in [2.75, 3.05) is 19.5 Å². The lowest BCUT2D eigenvalue weighted by molar-refractivity contribution is -0.384. The van der Waals surface area contributed by atoms with Gasteiger partial charge in [-0.25, -0.2) is 4.79 Å². The van der Waals surface area contributed by atoms with Gasteiger partial charge in [-0.05, 0) is 36.8 Å². The molecule has 4 rings (SSSR count). The van der Waals surface area contributed by atoms with Crippen molar-refractivity contribution < 1.29 is 19.2 Å². The number of nitrogens with zero attached hydrogens (tertiary/aromatic N) is 4. The molecular formula is C26H26N6O5S. The van der Waals surface area contributed by atoms with Gasteiger partial charge in [0.2, 0.25) is 0 Å². The molecule has 1 aromatic heterocycles. The number of methoxy groups -OCH3 is 2. The molecule has 12 heteroatoms. The summed E-state index contributed by atoms with van der Waals surface area (Å²) in [7, 11) is 3.05. The highest BCUT2D eigenvalue weighted by Crippen LogP contribution is 2.30. The van der Waals surface area contributed by atoms with Crippen LogP contribution < -0.4 is 20.1 Å². The Kier molecular flexibility index (Phi) is 8.44. The summed E-state index contributed by atoms with van der Waals surface area (Å²) in [6.45, 7) is 1.78. The van der Waals surface area contributed by atoms with Crippen LogP contribution in [0.15, 0.2) is 78.0 Å². The van der Waals surface area contributed by atoms with Gasteiger partial charge in [-0.2, -0.15) is 0 Å². The van der Waals surface area contributed by atoms with Crippen LogP contribution in [0.3, 0.4) is 0 Å². The number of ether oxygens (including phenoxy) is 2. The van der Waals surface area contributed by atoms with Gasteiger partial charge in [0.15, 0.2) is 11.0 Å². The number of hydrogen-bond donors (Lipinski definition) is 2. The third-order valence-electron chi connectivity index (χ3n) is 5.58. The zero-order valence-electron chi connectivity index (χ0n) is 21.0. The molecule has 2 amide bonds. The Bertz CT molecular complexity index is 1410. The van der Waals surface area contributed by atoms with Crippen molar-refractivity contribution >= 4 is 29.2 Å². The predicted molar refractivity (Wildman–Crippen MR) is 144 cm³/mol. The van der Waals surface area contributed by atoms with Crippen LogP contribution >= 0.6 is 11.8 Å². The molecule has 0 aliphatic carbocycles. The van der Waals surface area contributed by atoms with Gasteiger partial charge in [-0.15, -0.1) is 10.2 Å². The van der Waals surface area contributed by atoms with Crippen LogP contribution in [0.2, 0.25) is 0 Å². The molecule has 0 bridgehead atoms. The number of urea groups is 1. The summed E-state index contributed by atoms with van der Waals surface area (Å²) in [6.07, 6.45) is 0. The summed E-state index contributed by atoms with van der Waals surface area (Å²) < 4.78 is 12.3. The maximum absolute atomic E-state index is 12.9. The molecular weight excluding hydrogens is 508 g/mol. The summed E-state index contributed by atoms with van der Waals surface area (Å²) in [5.74, 6) is 2.15. The van der Waals surface area contributed by atoms with Crippen LogP contribution in [0.25, 0.3) is 5.69 Å². The minimum atomic E-state index is -0.562. The number of carbonyl (C=O) groups is 1. The summed E-state index contributed by atoms with van der Waals surface area (Å²) in [6, 6.07) is 20.0. The summed E-state index contributed by atoms with van der Waals surface area (Å²) >= 11 is 1.47. The molecule has 196 valence electrons. The molecule has 0 spiro atoms. The first-order chi connectivity index (χ1) is 18.4. The minimum absolute atomic E-state index is 0.0270. The van der Waals surface area contributed by atoms with Gasteiger partial charge < -0.3 is 20.1 Å². The normalized spacial score (nSPS) is 11.4. The highest BCUT2D eigenvalue weighted by molar-refractivity contribution is 7.98. The highest BCUT2D eigenvalue weighted by atomic mass is 32.2. The van der Waals surface area contributed by atoms with Crippen molar-refractivity contribution in [3.05, 3.63) is 94.3 Å². The van der Waals surface area contributed by atoms with E-state index in [1.807, 2.05) is 30.3 Å². The Morgan fingerprint density at radius 1 is 1.05 bits per heavy atom. The Morgan fingerprint density at radius 3 is 2.45 bits per heavy atom. The number of nitrogens with one attached hydrogen (secondary N) is 2. The van der Waals surface area contributed by atoms with E-state index in [2.05, 4.69) is 20.8 Å². The average Bonchev–Trinajstić information content (AvgIpc) is 3.37. The number of non-ortho nitro benzene ring substituents is 1. The monoisotopic (exact) mass is 534 g/mol. The van der Waals surface area contributed by atoms with E-state index in [4.69, 9.17) is 9.47 Å². The Morgan fingerprint density at radius 2 is 1.79 bits per heavy atom. The van der Waals surface area contributed by atoms with Crippen LogP contribution in [0.4, 0.5) is 16.2 Å². The Balaban J connectivity index is 1.58. The van der Waals surface area contributed by atoms with E-state index in [0.717, 1.165) is 5.56 Å². The fraction of sp³-hybridized carbons (Fsp3) is 0.192. The van der Waals surface area contributed by atoms with Gasteiger partial charge in [-0.3, -0.25) is 14.7 Å². The molecule has 2 N–H and O–H groups in total. The largest absolute Gasteiger partial charge is 0.497 e. The zero-order chi connectivity index (χ0) is 27.1. The number of hydrogen-bond acceptors (Lipinski definition) is 8. The lowest BCUT2D eigenvalue weighted by atomic mass is 10.2. The standard InChI is InChI=1S/C26H26N6O5S/c1-17(27-25(33)28-22-14-13-21(36-2)15-23(22)37-3)24-29-30-26(38-16-18-7-5-4-6-8-18)31(24)19-9-11-20(12-10-19)32(34)35/h4-15,17H,16H2,1-3H3,(H2,27,28,33). The Hall–Kier alpha value is -4.58. The van der Waals surface area contributed by atoms with Gasteiger partial charge in [-0.1, -0.05) is 42.1 Å². The second-order valence-electron chi connectivity index (χ2n) is 8.11. The van der Waals surface area contributed by atoms with Crippen LogP contribution in [-0.2, 0) is 5.75 Å². The minimum Gasteiger partial charge on any atom is -0.497 e. The zero-order valence-corrected chi connectivity index (χ0v) is 21.8. The molecule has 0 aliphatic rings. The number of benzene rings is 3. The molecule has 0 fully saturated rings.